The number of ether oxygens (including phenoxy) is 1. The van der Waals surface area contributed by atoms with Crippen LogP contribution in [-0.4, -0.2) is 20.1 Å². The minimum Gasteiger partial charge on any atom is -0.496 e. The van der Waals surface area contributed by atoms with Crippen LogP contribution in [0.15, 0.2) is 47.5 Å². The van der Waals surface area contributed by atoms with Gasteiger partial charge >= 0.3 is 0 Å². The summed E-state index contributed by atoms with van der Waals surface area (Å²) in [5, 5.41) is 6.45. The highest BCUT2D eigenvalue weighted by molar-refractivity contribution is 5.79. The number of hydrogen-bond acceptors (Lipinski definition) is 2. The van der Waals surface area contributed by atoms with E-state index in [4.69, 9.17) is 4.74 Å². The molecule has 0 heterocycles. The number of guanidine groups is 1. The second-order valence-corrected chi connectivity index (χ2v) is 5.22. The number of hydrogen-bond donors (Lipinski definition) is 2. The van der Waals surface area contributed by atoms with Crippen molar-refractivity contribution in [1.29, 1.82) is 0 Å². The molecule has 0 saturated carbocycles. The lowest BCUT2D eigenvalue weighted by Crippen LogP contribution is -2.36. The molecule has 0 aliphatic rings. The van der Waals surface area contributed by atoms with Gasteiger partial charge in [-0.05, 0) is 36.2 Å². The van der Waals surface area contributed by atoms with Crippen molar-refractivity contribution in [2.75, 3.05) is 14.2 Å². The summed E-state index contributed by atoms with van der Waals surface area (Å²) in [4.78, 5) is 4.19. The molecule has 0 aromatic heterocycles. The van der Waals surface area contributed by atoms with Crippen LogP contribution in [0.5, 0.6) is 5.75 Å². The van der Waals surface area contributed by atoms with Gasteiger partial charge in [0.25, 0.3) is 0 Å². The van der Waals surface area contributed by atoms with Gasteiger partial charge in [0.05, 0.1) is 7.11 Å². The third kappa shape index (κ3) is 4.98. The van der Waals surface area contributed by atoms with E-state index in [1.54, 1.807) is 26.3 Å². The summed E-state index contributed by atoms with van der Waals surface area (Å²) in [6, 6.07) is 12.5. The lowest BCUT2D eigenvalue weighted by Gasteiger charge is -2.14. The number of methoxy groups -OCH3 is 1. The minimum atomic E-state index is -0.234. The normalized spacial score (nSPS) is 11.2. The highest BCUT2D eigenvalue weighted by atomic mass is 19.1. The number of nitrogens with one attached hydrogen (secondary N) is 2. The Bertz CT molecular complexity index is 668. The van der Waals surface area contributed by atoms with Gasteiger partial charge in [0.2, 0.25) is 0 Å². The molecule has 0 radical (unpaired) electrons. The molecule has 2 N–H and O–H groups in total. The van der Waals surface area contributed by atoms with Gasteiger partial charge in [0, 0.05) is 25.7 Å². The van der Waals surface area contributed by atoms with Crippen molar-refractivity contribution < 1.29 is 9.13 Å². The van der Waals surface area contributed by atoms with Crippen molar-refractivity contribution in [2.45, 2.75) is 20.0 Å². The quantitative estimate of drug-likeness (QED) is 0.658. The molecule has 0 spiro atoms. The minimum absolute atomic E-state index is 0.234. The van der Waals surface area contributed by atoms with Crippen LogP contribution in [0.3, 0.4) is 0 Å². The third-order valence-electron chi connectivity index (χ3n) is 3.49. The SMILES string of the molecule is CN=C(NCc1ccc(F)cc1)NCc1ccc(C)cc1OC. The van der Waals surface area contributed by atoms with Crippen LogP contribution in [0.4, 0.5) is 4.39 Å². The van der Waals surface area contributed by atoms with Crippen molar-refractivity contribution in [1.82, 2.24) is 10.6 Å². The molecule has 0 aliphatic heterocycles. The van der Waals surface area contributed by atoms with E-state index in [2.05, 4.69) is 15.6 Å². The molecule has 0 fully saturated rings. The molecule has 122 valence electrons. The van der Waals surface area contributed by atoms with Gasteiger partial charge in [-0.2, -0.15) is 0 Å². The Morgan fingerprint density at radius 3 is 2.43 bits per heavy atom. The molecular weight excluding hydrogens is 293 g/mol. The van der Waals surface area contributed by atoms with Gasteiger partial charge < -0.3 is 15.4 Å². The van der Waals surface area contributed by atoms with Crippen molar-refractivity contribution in [3.05, 3.63) is 65.0 Å². The molecule has 0 bridgehead atoms. The van der Waals surface area contributed by atoms with Crippen LogP contribution >= 0.6 is 0 Å². The Hall–Kier alpha value is -2.56. The zero-order chi connectivity index (χ0) is 16.7. The lowest BCUT2D eigenvalue weighted by molar-refractivity contribution is 0.408. The fraction of sp³-hybridized carbons (Fsp3) is 0.278. The second-order valence-electron chi connectivity index (χ2n) is 5.22. The van der Waals surface area contributed by atoms with Gasteiger partial charge in [0.15, 0.2) is 5.96 Å². The van der Waals surface area contributed by atoms with Crippen molar-refractivity contribution in [3.8, 4) is 5.75 Å². The van der Waals surface area contributed by atoms with Gasteiger partial charge in [-0.1, -0.05) is 24.3 Å². The van der Waals surface area contributed by atoms with Gasteiger partial charge in [-0.3, -0.25) is 4.99 Å². The number of rotatable bonds is 5. The Labute approximate surface area is 136 Å². The van der Waals surface area contributed by atoms with Crippen LogP contribution in [0.25, 0.3) is 0 Å². The first-order chi connectivity index (χ1) is 11.1. The van der Waals surface area contributed by atoms with E-state index in [0.29, 0.717) is 19.0 Å². The molecule has 2 aromatic carbocycles. The summed E-state index contributed by atoms with van der Waals surface area (Å²) in [5.74, 6) is 1.30. The summed E-state index contributed by atoms with van der Waals surface area (Å²) in [6.07, 6.45) is 0. The maximum Gasteiger partial charge on any atom is 0.191 e. The van der Waals surface area contributed by atoms with E-state index in [1.165, 1.54) is 12.1 Å². The van der Waals surface area contributed by atoms with Crippen LogP contribution < -0.4 is 15.4 Å². The topological polar surface area (TPSA) is 45.7 Å². The standard InChI is InChI=1S/C18H22FN3O/c1-13-4-7-15(17(10-13)23-3)12-22-18(20-2)21-11-14-5-8-16(19)9-6-14/h4-10H,11-12H2,1-3H3,(H2,20,21,22). The maximum atomic E-state index is 12.9. The highest BCUT2D eigenvalue weighted by Gasteiger charge is 2.05. The van der Waals surface area contributed by atoms with Crippen LogP contribution in [0.1, 0.15) is 16.7 Å². The summed E-state index contributed by atoms with van der Waals surface area (Å²) in [6.45, 7) is 3.21. The van der Waals surface area contributed by atoms with Gasteiger partial charge in [-0.25, -0.2) is 4.39 Å². The van der Waals surface area contributed by atoms with Gasteiger partial charge in [-0.15, -0.1) is 0 Å². The smallest absolute Gasteiger partial charge is 0.191 e. The first-order valence-electron chi connectivity index (χ1n) is 7.45. The average molecular weight is 315 g/mol. The van der Waals surface area contributed by atoms with Crippen molar-refractivity contribution in [3.63, 3.8) is 0 Å². The zero-order valence-corrected chi connectivity index (χ0v) is 13.7. The molecule has 5 heteroatoms. The fourth-order valence-corrected chi connectivity index (χ4v) is 2.19. The molecule has 0 unspecified atom stereocenters. The van der Waals surface area contributed by atoms with Crippen LogP contribution in [0.2, 0.25) is 0 Å². The second kappa shape index (κ2) is 8.17. The molecule has 0 atom stereocenters. The molecule has 4 nitrogen and oxygen atoms in total. The Morgan fingerprint density at radius 2 is 1.78 bits per heavy atom. The number of aliphatic imine (C=N–C) groups is 1. The van der Waals surface area contributed by atoms with Crippen molar-refractivity contribution in [2.24, 2.45) is 4.99 Å². The molecule has 23 heavy (non-hydrogen) atoms. The zero-order valence-electron chi connectivity index (χ0n) is 13.7. The number of benzene rings is 2. The summed E-state index contributed by atoms with van der Waals surface area (Å²) in [7, 11) is 3.38. The Balaban J connectivity index is 1.91. The molecule has 0 saturated heterocycles. The molecule has 0 amide bonds. The van der Waals surface area contributed by atoms with Crippen LogP contribution in [0, 0.1) is 12.7 Å². The Kier molecular flexibility index (Phi) is 5.97. The van der Waals surface area contributed by atoms with E-state index in [1.807, 2.05) is 25.1 Å². The first-order valence-corrected chi connectivity index (χ1v) is 7.45. The lowest BCUT2D eigenvalue weighted by atomic mass is 10.1. The molecular formula is C18H22FN3O. The summed E-state index contributed by atoms with van der Waals surface area (Å²) >= 11 is 0. The first kappa shape index (κ1) is 16.8. The van der Waals surface area contributed by atoms with Crippen LogP contribution in [-0.2, 0) is 13.1 Å². The van der Waals surface area contributed by atoms with Crippen molar-refractivity contribution >= 4 is 5.96 Å². The average Bonchev–Trinajstić information content (AvgIpc) is 2.57. The highest BCUT2D eigenvalue weighted by Crippen LogP contribution is 2.19. The monoisotopic (exact) mass is 315 g/mol. The van der Waals surface area contributed by atoms with Gasteiger partial charge in [0.1, 0.15) is 11.6 Å². The van der Waals surface area contributed by atoms with E-state index in [9.17, 15) is 4.39 Å². The predicted molar refractivity (Wildman–Crippen MR) is 91.2 cm³/mol. The van der Waals surface area contributed by atoms with E-state index < -0.39 is 0 Å². The third-order valence-corrected chi connectivity index (χ3v) is 3.49. The maximum absolute atomic E-state index is 12.9. The Morgan fingerprint density at radius 1 is 1.09 bits per heavy atom. The summed E-state index contributed by atoms with van der Waals surface area (Å²) in [5.41, 5.74) is 3.20. The largest absolute Gasteiger partial charge is 0.496 e. The summed E-state index contributed by atoms with van der Waals surface area (Å²) < 4.78 is 18.3. The van der Waals surface area contributed by atoms with E-state index in [-0.39, 0.29) is 5.82 Å². The molecule has 2 aromatic rings. The number of halogens is 1. The van der Waals surface area contributed by atoms with E-state index >= 15 is 0 Å². The number of aryl methyl sites for hydroxylation is 1. The predicted octanol–water partition coefficient (Wildman–Crippen LogP) is 3.01. The fourth-order valence-electron chi connectivity index (χ4n) is 2.19. The number of nitrogens with zero attached hydrogens (tertiary/aromatic N) is 1. The molecule has 0 aliphatic carbocycles. The molecule has 2 rings (SSSR count). The van der Waals surface area contributed by atoms with E-state index in [0.717, 1.165) is 22.4 Å².